The summed E-state index contributed by atoms with van der Waals surface area (Å²) in [6, 6.07) is 16.6. The molecule has 0 saturated carbocycles. The van der Waals surface area contributed by atoms with Crippen LogP contribution in [0.5, 0.6) is 5.75 Å². The molecule has 4 rings (SSSR count). The van der Waals surface area contributed by atoms with E-state index < -0.39 is 83.5 Å². The summed E-state index contributed by atoms with van der Waals surface area (Å²) in [5, 5.41) is 26.7. The van der Waals surface area contributed by atoms with Crippen LogP contribution in [0.1, 0.15) is 62.1 Å². The summed E-state index contributed by atoms with van der Waals surface area (Å²) in [5.74, 6) is -11.2. The number of alkyl halides is 2. The molecule has 15 nitrogen and oxygen atoms in total. The topological polar surface area (TPSA) is 191 Å². The molecule has 316 valence electrons. The Balaban J connectivity index is 2.00. The first kappa shape index (κ1) is 45.7. The Morgan fingerprint density at radius 2 is 1.57 bits per heavy atom. The number of benzene rings is 3. The first-order valence-corrected chi connectivity index (χ1v) is 18.7. The van der Waals surface area contributed by atoms with Crippen molar-refractivity contribution >= 4 is 24.0 Å². The van der Waals surface area contributed by atoms with E-state index in [0.717, 1.165) is 19.1 Å². The van der Waals surface area contributed by atoms with Crippen molar-refractivity contribution in [2.75, 3.05) is 33.5 Å². The van der Waals surface area contributed by atoms with Crippen molar-refractivity contribution in [2.24, 2.45) is 11.8 Å². The van der Waals surface area contributed by atoms with Gasteiger partial charge in [-0.2, -0.15) is 0 Å². The average molecular weight is 816 g/mol. The van der Waals surface area contributed by atoms with Crippen molar-refractivity contribution in [1.29, 1.82) is 0 Å². The van der Waals surface area contributed by atoms with Gasteiger partial charge < -0.3 is 38.7 Å². The van der Waals surface area contributed by atoms with Crippen molar-refractivity contribution < 1.29 is 66.7 Å². The number of ether oxygens (including phenoxy) is 5. The van der Waals surface area contributed by atoms with E-state index in [4.69, 9.17) is 28.5 Å². The molecule has 4 N–H and O–H groups in total. The van der Waals surface area contributed by atoms with Gasteiger partial charge in [-0.1, -0.05) is 88.4 Å². The van der Waals surface area contributed by atoms with Gasteiger partial charge in [0, 0.05) is 18.9 Å². The number of methoxy groups -OCH3 is 1. The molecule has 0 aromatic heterocycles. The van der Waals surface area contributed by atoms with E-state index in [1.807, 2.05) is 0 Å². The Morgan fingerprint density at radius 1 is 0.931 bits per heavy atom. The van der Waals surface area contributed by atoms with Gasteiger partial charge in [0.1, 0.15) is 31.1 Å². The van der Waals surface area contributed by atoms with Gasteiger partial charge in [0.05, 0.1) is 31.4 Å². The maximum Gasteiger partial charge on any atom is 0.409 e. The first-order chi connectivity index (χ1) is 27.5. The quantitative estimate of drug-likeness (QED) is 0.0683. The number of aliphatic hydroxyl groups is 2. The summed E-state index contributed by atoms with van der Waals surface area (Å²) in [4.78, 5) is 61.8. The number of hydroxylamine groups is 1. The van der Waals surface area contributed by atoms with Crippen LogP contribution in [-0.2, 0) is 40.0 Å². The molecule has 3 unspecified atom stereocenters. The van der Waals surface area contributed by atoms with Crippen LogP contribution in [-0.4, -0.2) is 102 Å². The zero-order valence-corrected chi connectivity index (χ0v) is 33.2. The van der Waals surface area contributed by atoms with Gasteiger partial charge in [-0.25, -0.2) is 32.9 Å². The molecule has 1 heterocycles. The highest BCUT2D eigenvalue weighted by molar-refractivity contribution is 5.91. The molecule has 3 aromatic carbocycles. The zero-order valence-electron chi connectivity index (χ0n) is 33.2. The largest absolute Gasteiger partial charge is 0.460 e. The third-order valence-corrected chi connectivity index (χ3v) is 9.62. The second-order valence-corrected chi connectivity index (χ2v) is 14.2. The van der Waals surface area contributed by atoms with Crippen LogP contribution < -0.4 is 15.5 Å². The highest BCUT2D eigenvalue weighted by Gasteiger charge is 2.69. The Bertz CT molecular complexity index is 1840. The number of aliphatic hydroxyl groups excluding tert-OH is 1. The normalized spacial score (nSPS) is 22.1. The average Bonchev–Trinajstić information content (AvgIpc) is 3.22. The molecule has 1 aliphatic rings. The lowest BCUT2D eigenvalue weighted by molar-refractivity contribution is -0.271. The van der Waals surface area contributed by atoms with E-state index in [9.17, 15) is 29.4 Å². The highest BCUT2D eigenvalue weighted by atomic mass is 19.3. The summed E-state index contributed by atoms with van der Waals surface area (Å²) in [6.45, 7) is 5.75. The zero-order chi connectivity index (χ0) is 42.7. The maximum atomic E-state index is 17.6. The number of alkyl carbamates (subject to hydrolysis) is 1. The Labute approximate surface area is 335 Å². The number of halogens is 2. The number of carbonyl (C=O) groups is 4. The molecule has 1 aliphatic heterocycles. The minimum atomic E-state index is -4.44. The van der Waals surface area contributed by atoms with E-state index in [1.165, 1.54) is 59.1 Å². The maximum absolute atomic E-state index is 17.6. The second-order valence-electron chi connectivity index (χ2n) is 14.2. The lowest BCUT2D eigenvalue weighted by Gasteiger charge is -2.55. The van der Waals surface area contributed by atoms with Crippen molar-refractivity contribution in [3.8, 4) is 5.75 Å². The molecular formula is C41H51F2N3O12. The fourth-order valence-corrected chi connectivity index (χ4v) is 6.42. The minimum absolute atomic E-state index is 0.120. The summed E-state index contributed by atoms with van der Waals surface area (Å²) in [6.07, 6.45) is -4.02. The number of nitrogens with zero attached hydrogens (tertiary/aromatic N) is 1. The number of hydrogen-bond donors (Lipinski definition) is 4. The summed E-state index contributed by atoms with van der Waals surface area (Å²) in [5.41, 5.74) is -3.83. The number of esters is 2. The van der Waals surface area contributed by atoms with Crippen molar-refractivity contribution in [3.05, 3.63) is 102 Å². The van der Waals surface area contributed by atoms with E-state index in [-0.39, 0.29) is 37.7 Å². The lowest BCUT2D eigenvalue weighted by atomic mass is 9.81. The lowest BCUT2D eigenvalue weighted by Crippen LogP contribution is -2.79. The molecular weight excluding hydrogens is 764 g/mol. The summed E-state index contributed by atoms with van der Waals surface area (Å²) < 4.78 is 62.0. The smallest absolute Gasteiger partial charge is 0.409 e. The Morgan fingerprint density at radius 3 is 2.19 bits per heavy atom. The molecule has 1 saturated heterocycles. The molecule has 3 aromatic rings. The molecule has 5 atom stereocenters. The van der Waals surface area contributed by atoms with Crippen LogP contribution in [0.3, 0.4) is 0 Å². The van der Waals surface area contributed by atoms with Crippen LogP contribution in [0, 0.1) is 11.8 Å². The molecule has 0 bridgehead atoms. The predicted molar refractivity (Wildman–Crippen MR) is 203 cm³/mol. The van der Waals surface area contributed by atoms with E-state index in [0.29, 0.717) is 10.5 Å². The SMILES string of the molecule is COCCOCCOC(=O)[C@@](O)(C(C)C)N1C(c2cccc(OC(=O)c3ccccc3)c2)C(F)(F)C(O)C(C)NOC(=O)[C@]1(NC(=O)OCc1ccccc1)C(C)C. The van der Waals surface area contributed by atoms with Gasteiger partial charge >= 0.3 is 24.0 Å². The molecule has 0 spiro atoms. The van der Waals surface area contributed by atoms with Crippen molar-refractivity contribution in [2.45, 2.75) is 76.7 Å². The Hall–Kier alpha value is -5.04. The van der Waals surface area contributed by atoms with Crippen LogP contribution >= 0.6 is 0 Å². The fourth-order valence-electron chi connectivity index (χ4n) is 6.42. The number of hydrogen-bond acceptors (Lipinski definition) is 14. The second kappa shape index (κ2) is 20.1. The number of carbonyl (C=O) groups excluding carboxylic acids is 4. The highest BCUT2D eigenvalue weighted by Crippen LogP contribution is 2.50. The van der Waals surface area contributed by atoms with Gasteiger partial charge in [0.15, 0.2) is 0 Å². The van der Waals surface area contributed by atoms with Crippen molar-refractivity contribution in [3.63, 3.8) is 0 Å². The fraction of sp³-hybridized carbons (Fsp3) is 0.463. The molecule has 17 heteroatoms. The molecule has 58 heavy (non-hydrogen) atoms. The number of amides is 1. The van der Waals surface area contributed by atoms with E-state index in [1.54, 1.807) is 48.5 Å². The molecule has 1 amide bonds. The standard InChI is InChI=1S/C41H51F2N3O12/c1-26(2)40(44-38(51)56-25-29-14-9-7-10-15-29)36(49)58-45-28(5)34(47)39(42,43)33(31-18-13-19-32(24-31)57-35(48)30-16-11-8-12-17-30)46(40)41(52,27(3)4)37(50)55-23-22-54-21-20-53-6/h7-19,24,26-28,33-34,45,47,52H,20-23,25H2,1-6H3,(H,44,51)/t28?,33?,34?,40-,41-/m0/s1. The van der Waals surface area contributed by atoms with Crippen LogP contribution in [0.25, 0.3) is 0 Å². The van der Waals surface area contributed by atoms with Gasteiger partial charge in [-0.3, -0.25) is 5.32 Å². The van der Waals surface area contributed by atoms with Crippen LogP contribution in [0.2, 0.25) is 0 Å². The molecule has 0 radical (unpaired) electrons. The molecule has 1 fully saturated rings. The number of nitrogens with one attached hydrogen (secondary N) is 2. The minimum Gasteiger partial charge on any atom is -0.460 e. The number of rotatable bonds is 16. The van der Waals surface area contributed by atoms with Crippen molar-refractivity contribution in [1.82, 2.24) is 15.7 Å². The van der Waals surface area contributed by atoms with Gasteiger partial charge in [-0.15, -0.1) is 5.48 Å². The van der Waals surface area contributed by atoms with Gasteiger partial charge in [-0.05, 0) is 42.3 Å². The third-order valence-electron chi connectivity index (χ3n) is 9.62. The van der Waals surface area contributed by atoms with Crippen LogP contribution in [0.15, 0.2) is 84.9 Å². The monoisotopic (exact) mass is 815 g/mol. The summed E-state index contributed by atoms with van der Waals surface area (Å²) >= 11 is 0. The van der Waals surface area contributed by atoms with Gasteiger partial charge in [0.2, 0.25) is 11.4 Å². The van der Waals surface area contributed by atoms with Crippen LogP contribution in [0.4, 0.5) is 13.6 Å². The van der Waals surface area contributed by atoms with E-state index in [2.05, 4.69) is 10.8 Å². The third kappa shape index (κ3) is 10.1. The first-order valence-electron chi connectivity index (χ1n) is 18.7. The van der Waals surface area contributed by atoms with Gasteiger partial charge in [0.25, 0.3) is 5.92 Å². The Kier molecular flexibility index (Phi) is 15.8. The van der Waals surface area contributed by atoms with E-state index >= 15 is 8.78 Å². The predicted octanol–water partition coefficient (Wildman–Crippen LogP) is 4.52. The molecule has 0 aliphatic carbocycles. The summed E-state index contributed by atoms with van der Waals surface area (Å²) in [7, 11) is 1.46.